The monoisotopic (exact) mass is 408 g/mol. The van der Waals surface area contributed by atoms with Crippen molar-refractivity contribution < 1.29 is 0 Å². The van der Waals surface area contributed by atoms with Crippen LogP contribution in [0.3, 0.4) is 0 Å². The van der Waals surface area contributed by atoms with E-state index in [9.17, 15) is 0 Å². The van der Waals surface area contributed by atoms with E-state index in [0.29, 0.717) is 0 Å². The van der Waals surface area contributed by atoms with E-state index in [4.69, 9.17) is 4.98 Å². The van der Waals surface area contributed by atoms with Crippen molar-refractivity contribution in [3.05, 3.63) is 60.9 Å². The fraction of sp³-hybridized carbons (Fsp3) is 0.182. The summed E-state index contributed by atoms with van der Waals surface area (Å²) < 4.78 is 0. The fourth-order valence-electron chi connectivity index (χ4n) is 3.03. The van der Waals surface area contributed by atoms with Crippen LogP contribution in [0.15, 0.2) is 80.5 Å². The summed E-state index contributed by atoms with van der Waals surface area (Å²) in [5.41, 5.74) is 2.10. The minimum absolute atomic E-state index is 1.03. The molecule has 0 radical (unpaired) electrons. The number of aromatic nitrogens is 2. The Morgan fingerprint density at radius 2 is 1.22 bits per heavy atom. The molecule has 5 heteroatoms. The summed E-state index contributed by atoms with van der Waals surface area (Å²) in [6.45, 7) is 4.39. The summed E-state index contributed by atoms with van der Waals surface area (Å²) in [5, 5.41) is 2.44. The molecule has 0 atom stereocenters. The van der Waals surface area contributed by atoms with Crippen molar-refractivity contribution in [1.29, 1.82) is 0 Å². The molecule has 2 aromatic carbocycles. The second kappa shape index (κ2) is 8.55. The third kappa shape index (κ3) is 3.82. The molecule has 0 aliphatic carbocycles. The Hall–Kier alpha value is -1.69. The average Bonchev–Trinajstić information content (AvgIpc) is 2.71. The van der Waals surface area contributed by atoms with E-state index >= 15 is 0 Å². The second-order valence-electron chi connectivity index (χ2n) is 5.91. The van der Waals surface area contributed by atoms with Gasteiger partial charge >= 0.3 is 0 Å². The first-order chi connectivity index (χ1) is 13.3. The van der Waals surface area contributed by atoms with E-state index < -0.39 is 0 Å². The van der Waals surface area contributed by atoms with Gasteiger partial charge < -0.3 is 0 Å². The predicted molar refractivity (Wildman–Crippen MR) is 120 cm³/mol. The molecule has 0 aliphatic rings. The highest BCUT2D eigenvalue weighted by Gasteiger charge is 2.15. The molecule has 2 aromatic heterocycles. The van der Waals surface area contributed by atoms with Crippen LogP contribution in [0, 0.1) is 0 Å². The lowest BCUT2D eigenvalue weighted by Gasteiger charge is -2.15. The van der Waals surface area contributed by atoms with Crippen LogP contribution in [0.4, 0.5) is 0 Å². The molecule has 0 saturated heterocycles. The summed E-state index contributed by atoms with van der Waals surface area (Å²) in [5.74, 6) is 2.06. The lowest BCUT2D eigenvalue weighted by Crippen LogP contribution is -1.90. The second-order valence-corrected chi connectivity index (χ2v) is 9.54. The zero-order valence-corrected chi connectivity index (χ0v) is 17.8. The van der Waals surface area contributed by atoms with Crippen molar-refractivity contribution in [2.75, 3.05) is 11.5 Å². The topological polar surface area (TPSA) is 25.8 Å². The molecule has 4 rings (SSSR count). The lowest BCUT2D eigenvalue weighted by molar-refractivity contribution is 1.16. The third-order valence-corrected chi connectivity index (χ3v) is 7.55. The Bertz CT molecular complexity index is 1100. The van der Waals surface area contributed by atoms with Gasteiger partial charge in [0, 0.05) is 42.7 Å². The first-order valence-electron chi connectivity index (χ1n) is 9.00. The van der Waals surface area contributed by atoms with Crippen molar-refractivity contribution in [2.45, 2.75) is 33.4 Å². The molecule has 136 valence electrons. The molecule has 0 saturated carbocycles. The fourth-order valence-corrected chi connectivity index (χ4v) is 6.09. The molecule has 2 nitrogen and oxygen atoms in total. The maximum absolute atomic E-state index is 4.72. The van der Waals surface area contributed by atoms with Gasteiger partial charge in [-0.1, -0.05) is 62.0 Å². The van der Waals surface area contributed by atoms with Crippen molar-refractivity contribution in [1.82, 2.24) is 9.97 Å². The molecule has 0 N–H and O–H groups in total. The Balaban J connectivity index is 1.89. The van der Waals surface area contributed by atoms with Gasteiger partial charge in [-0.05, 0) is 23.6 Å². The zero-order chi connectivity index (χ0) is 18.6. The minimum atomic E-state index is 1.03. The van der Waals surface area contributed by atoms with E-state index in [2.05, 4.69) is 61.3 Å². The number of hydrogen-bond donors (Lipinski definition) is 0. The normalized spacial score (nSPS) is 11.3. The van der Waals surface area contributed by atoms with E-state index in [1.807, 2.05) is 53.7 Å². The van der Waals surface area contributed by atoms with Crippen LogP contribution < -0.4 is 0 Å². The number of rotatable bonds is 6. The molecule has 0 fully saturated rings. The van der Waals surface area contributed by atoms with E-state index in [1.54, 1.807) is 0 Å². The summed E-state index contributed by atoms with van der Waals surface area (Å²) >= 11 is 5.56. The van der Waals surface area contributed by atoms with Crippen LogP contribution in [0.1, 0.15) is 13.8 Å². The summed E-state index contributed by atoms with van der Waals surface area (Å²) in [4.78, 5) is 14.4. The summed E-state index contributed by atoms with van der Waals surface area (Å²) in [6, 6.07) is 16.8. The minimum Gasteiger partial charge on any atom is -0.255 e. The third-order valence-electron chi connectivity index (χ3n) is 4.19. The number of nitrogens with zero attached hydrogens (tertiary/aromatic N) is 2. The van der Waals surface area contributed by atoms with Gasteiger partial charge in [-0.25, -0.2) is 0 Å². The molecule has 0 unspecified atom stereocenters. The van der Waals surface area contributed by atoms with Crippen LogP contribution in [0.2, 0.25) is 0 Å². The van der Waals surface area contributed by atoms with Gasteiger partial charge in [0.2, 0.25) is 0 Å². The zero-order valence-electron chi connectivity index (χ0n) is 15.3. The number of benzene rings is 2. The summed E-state index contributed by atoms with van der Waals surface area (Å²) in [6.07, 6.45) is 4.04. The maximum Gasteiger partial charge on any atom is 0.0714 e. The Kier molecular flexibility index (Phi) is 5.91. The first-order valence-corrected chi connectivity index (χ1v) is 11.8. The number of hydrogen-bond acceptors (Lipinski definition) is 5. The van der Waals surface area contributed by atoms with Crippen LogP contribution in [0.25, 0.3) is 21.8 Å². The molecular formula is C22H20N2S3. The molecule has 0 amide bonds. The summed E-state index contributed by atoms with van der Waals surface area (Å²) in [7, 11) is 0. The van der Waals surface area contributed by atoms with Gasteiger partial charge in [0.05, 0.1) is 11.0 Å². The smallest absolute Gasteiger partial charge is 0.0714 e. The first kappa shape index (κ1) is 18.7. The standard InChI is InChI=1S/C22H20N2S3/c1-3-25-19-13-23-18-12-8-6-10-16(18)22(19)27-20-14-24-17-11-7-5-9-15(17)21(20)26-4-2/h5-14H,3-4H2,1-2H3. The SMILES string of the molecule is CCSc1cnc2ccccc2c1Sc1cnc2ccccc2c1SCC. The predicted octanol–water partition coefficient (Wildman–Crippen LogP) is 7.16. The highest BCUT2D eigenvalue weighted by molar-refractivity contribution is 8.03. The van der Waals surface area contributed by atoms with Gasteiger partial charge in [-0.2, -0.15) is 0 Å². The Morgan fingerprint density at radius 3 is 1.85 bits per heavy atom. The van der Waals surface area contributed by atoms with Crippen LogP contribution >= 0.6 is 35.3 Å². The van der Waals surface area contributed by atoms with Gasteiger partial charge in [0.15, 0.2) is 0 Å². The van der Waals surface area contributed by atoms with Crippen molar-refractivity contribution >= 4 is 57.1 Å². The van der Waals surface area contributed by atoms with E-state index in [1.165, 1.54) is 30.4 Å². The van der Waals surface area contributed by atoms with Crippen molar-refractivity contribution in [2.24, 2.45) is 0 Å². The maximum atomic E-state index is 4.72. The quantitative estimate of drug-likeness (QED) is 0.315. The molecule has 2 heterocycles. The number of para-hydroxylation sites is 2. The largest absolute Gasteiger partial charge is 0.255 e. The molecule has 27 heavy (non-hydrogen) atoms. The molecule has 4 aromatic rings. The average molecular weight is 409 g/mol. The van der Waals surface area contributed by atoms with Crippen LogP contribution in [0.5, 0.6) is 0 Å². The number of pyridine rings is 2. The number of fused-ring (bicyclic) bond motifs is 2. The molecule has 0 aliphatic heterocycles. The lowest BCUT2D eigenvalue weighted by atomic mass is 10.2. The Morgan fingerprint density at radius 1 is 0.667 bits per heavy atom. The van der Waals surface area contributed by atoms with Crippen molar-refractivity contribution in [3.63, 3.8) is 0 Å². The van der Waals surface area contributed by atoms with Crippen LogP contribution in [-0.4, -0.2) is 21.5 Å². The van der Waals surface area contributed by atoms with Crippen molar-refractivity contribution in [3.8, 4) is 0 Å². The van der Waals surface area contributed by atoms with Crippen LogP contribution in [-0.2, 0) is 0 Å². The Labute approximate surface area is 172 Å². The van der Waals surface area contributed by atoms with Gasteiger partial charge in [0.1, 0.15) is 0 Å². The van der Waals surface area contributed by atoms with E-state index in [0.717, 1.165) is 22.5 Å². The van der Waals surface area contributed by atoms with Gasteiger partial charge in [-0.15, -0.1) is 23.5 Å². The van der Waals surface area contributed by atoms with E-state index in [-0.39, 0.29) is 0 Å². The highest BCUT2D eigenvalue weighted by Crippen LogP contribution is 2.44. The molecule has 0 bridgehead atoms. The van der Waals surface area contributed by atoms with Gasteiger partial charge in [0.25, 0.3) is 0 Å². The molecule has 0 spiro atoms. The number of thioether (sulfide) groups is 2. The highest BCUT2D eigenvalue weighted by atomic mass is 32.2. The van der Waals surface area contributed by atoms with Gasteiger partial charge in [-0.3, -0.25) is 9.97 Å². The molecular weight excluding hydrogens is 388 g/mol.